The third-order valence-electron chi connectivity index (χ3n) is 6.42. The van der Waals surface area contributed by atoms with Crippen LogP contribution in [0.4, 0.5) is 5.69 Å². The molecule has 0 unspecified atom stereocenters. The summed E-state index contributed by atoms with van der Waals surface area (Å²) in [7, 11) is 3.75. The highest BCUT2D eigenvalue weighted by atomic mass is 16.5. The lowest BCUT2D eigenvalue weighted by Crippen LogP contribution is -2.26. The van der Waals surface area contributed by atoms with Crippen molar-refractivity contribution in [2.75, 3.05) is 25.6 Å². The Balaban J connectivity index is 1.33. The number of carbonyl (C=O) groups is 1. The Bertz CT molecular complexity index is 1380. The maximum absolute atomic E-state index is 13.0. The van der Waals surface area contributed by atoms with Gasteiger partial charge >= 0.3 is 0 Å². The van der Waals surface area contributed by atoms with Crippen LogP contribution in [0.1, 0.15) is 33.6 Å². The standard InChI is InChI=1S/C27H28N6O2/c1-18-22(26(34)29-16-19-10-11-24-20(15-19)7-6-14-32(24)2)17-30-33(18)27-28-13-12-23(31-27)21-8-4-5-9-25(21)35-3/h4-5,8-13,15,17H,6-7,14,16H2,1-3H3,(H,29,34). The second-order valence-electron chi connectivity index (χ2n) is 8.67. The van der Waals surface area contributed by atoms with Gasteiger partial charge in [0.2, 0.25) is 0 Å². The number of rotatable bonds is 6. The van der Waals surface area contributed by atoms with Gasteiger partial charge in [0.15, 0.2) is 0 Å². The second kappa shape index (κ2) is 9.58. The minimum Gasteiger partial charge on any atom is -0.496 e. The van der Waals surface area contributed by atoms with Crippen LogP contribution in [0.25, 0.3) is 17.2 Å². The number of hydrogen-bond acceptors (Lipinski definition) is 6. The zero-order chi connectivity index (χ0) is 24.4. The van der Waals surface area contributed by atoms with Crippen LogP contribution in [0.5, 0.6) is 5.75 Å². The number of amides is 1. The Morgan fingerprint density at radius 1 is 1.17 bits per heavy atom. The van der Waals surface area contributed by atoms with Crippen LogP contribution in [0.3, 0.4) is 0 Å². The third kappa shape index (κ3) is 4.47. The highest BCUT2D eigenvalue weighted by Crippen LogP contribution is 2.29. The molecule has 4 aromatic rings. The highest BCUT2D eigenvalue weighted by Gasteiger charge is 2.18. The van der Waals surface area contributed by atoms with Gasteiger partial charge in [-0.05, 0) is 55.2 Å². The summed E-state index contributed by atoms with van der Waals surface area (Å²) in [6, 6.07) is 15.9. The number of anilines is 1. The smallest absolute Gasteiger partial charge is 0.255 e. The minimum absolute atomic E-state index is 0.176. The van der Waals surface area contributed by atoms with Gasteiger partial charge < -0.3 is 15.0 Å². The zero-order valence-corrected chi connectivity index (χ0v) is 20.2. The number of aryl methyl sites for hydroxylation is 1. The molecule has 0 saturated carbocycles. The molecule has 0 radical (unpaired) electrons. The van der Waals surface area contributed by atoms with Crippen molar-refractivity contribution in [2.45, 2.75) is 26.3 Å². The molecule has 3 heterocycles. The van der Waals surface area contributed by atoms with Gasteiger partial charge in [0.25, 0.3) is 11.9 Å². The van der Waals surface area contributed by atoms with Gasteiger partial charge in [-0.2, -0.15) is 5.10 Å². The molecule has 5 rings (SSSR count). The van der Waals surface area contributed by atoms with Crippen molar-refractivity contribution in [3.8, 4) is 23.0 Å². The Labute approximate surface area is 204 Å². The van der Waals surface area contributed by atoms with Crippen molar-refractivity contribution in [3.63, 3.8) is 0 Å². The normalized spacial score (nSPS) is 12.8. The highest BCUT2D eigenvalue weighted by molar-refractivity contribution is 5.95. The molecule has 8 nitrogen and oxygen atoms in total. The van der Waals surface area contributed by atoms with Crippen LogP contribution >= 0.6 is 0 Å². The Kier molecular flexibility index (Phi) is 6.18. The molecule has 1 aliphatic heterocycles. The average Bonchev–Trinajstić information content (AvgIpc) is 3.28. The van der Waals surface area contributed by atoms with E-state index in [1.54, 1.807) is 24.2 Å². The van der Waals surface area contributed by atoms with E-state index < -0.39 is 0 Å². The fraction of sp³-hybridized carbons (Fsp3) is 0.259. The summed E-state index contributed by atoms with van der Waals surface area (Å²) in [6.45, 7) is 3.38. The molecule has 0 atom stereocenters. The molecule has 2 aromatic carbocycles. The molecule has 2 aromatic heterocycles. The van der Waals surface area contributed by atoms with E-state index in [4.69, 9.17) is 4.74 Å². The fourth-order valence-corrected chi connectivity index (χ4v) is 4.52. The minimum atomic E-state index is -0.176. The summed E-state index contributed by atoms with van der Waals surface area (Å²) in [4.78, 5) is 24.3. The molecular formula is C27H28N6O2. The van der Waals surface area contributed by atoms with Gasteiger partial charge in [-0.1, -0.05) is 24.3 Å². The Hall–Kier alpha value is -4.20. The van der Waals surface area contributed by atoms with Gasteiger partial charge in [-0.15, -0.1) is 0 Å². The maximum Gasteiger partial charge on any atom is 0.255 e. The number of para-hydroxylation sites is 1. The van der Waals surface area contributed by atoms with Crippen LogP contribution in [0.15, 0.2) is 60.9 Å². The van der Waals surface area contributed by atoms with Crippen molar-refractivity contribution in [1.29, 1.82) is 0 Å². The molecule has 0 saturated heterocycles. The first-order valence-electron chi connectivity index (χ1n) is 11.7. The number of hydrogen-bond donors (Lipinski definition) is 1. The van der Waals surface area contributed by atoms with E-state index in [0.29, 0.717) is 29.4 Å². The molecule has 0 fully saturated rings. The van der Waals surface area contributed by atoms with Crippen molar-refractivity contribution in [2.24, 2.45) is 0 Å². The van der Waals surface area contributed by atoms with Gasteiger partial charge in [0, 0.05) is 37.6 Å². The van der Waals surface area contributed by atoms with Crippen molar-refractivity contribution >= 4 is 11.6 Å². The number of fused-ring (bicyclic) bond motifs is 1. The SMILES string of the molecule is COc1ccccc1-c1ccnc(-n2ncc(C(=O)NCc3ccc4c(c3)CCCN4C)c2C)n1. The van der Waals surface area contributed by atoms with Crippen LogP contribution in [-0.2, 0) is 13.0 Å². The lowest BCUT2D eigenvalue weighted by molar-refractivity contribution is 0.0950. The van der Waals surface area contributed by atoms with E-state index >= 15 is 0 Å². The van der Waals surface area contributed by atoms with Crippen LogP contribution in [0, 0.1) is 6.92 Å². The van der Waals surface area contributed by atoms with Crippen LogP contribution < -0.4 is 15.0 Å². The molecule has 1 N–H and O–H groups in total. The van der Waals surface area contributed by atoms with Crippen LogP contribution in [-0.4, -0.2) is 46.4 Å². The molecule has 8 heteroatoms. The van der Waals surface area contributed by atoms with E-state index in [9.17, 15) is 4.79 Å². The Morgan fingerprint density at radius 2 is 2.03 bits per heavy atom. The van der Waals surface area contributed by atoms with E-state index in [2.05, 4.69) is 50.5 Å². The molecule has 0 aliphatic carbocycles. The lowest BCUT2D eigenvalue weighted by atomic mass is 9.99. The number of benzene rings is 2. The van der Waals surface area contributed by atoms with E-state index in [1.165, 1.54) is 11.3 Å². The lowest BCUT2D eigenvalue weighted by Gasteiger charge is -2.27. The number of carbonyl (C=O) groups excluding carboxylic acids is 1. The predicted octanol–water partition coefficient (Wildman–Crippen LogP) is 3.96. The summed E-state index contributed by atoms with van der Waals surface area (Å²) in [5.41, 5.74) is 6.44. The first kappa shape index (κ1) is 22.6. The first-order chi connectivity index (χ1) is 17.0. The predicted molar refractivity (Wildman–Crippen MR) is 135 cm³/mol. The number of aromatic nitrogens is 4. The number of methoxy groups -OCH3 is 1. The summed E-state index contributed by atoms with van der Waals surface area (Å²) in [5, 5.41) is 7.43. The molecular weight excluding hydrogens is 440 g/mol. The van der Waals surface area contributed by atoms with E-state index in [-0.39, 0.29) is 5.91 Å². The van der Waals surface area contributed by atoms with Gasteiger partial charge in [-0.25, -0.2) is 14.6 Å². The Morgan fingerprint density at radius 3 is 2.89 bits per heavy atom. The quantitative estimate of drug-likeness (QED) is 0.461. The molecule has 0 spiro atoms. The maximum atomic E-state index is 13.0. The largest absolute Gasteiger partial charge is 0.496 e. The molecule has 178 valence electrons. The summed E-state index contributed by atoms with van der Waals surface area (Å²) in [6.07, 6.45) is 5.46. The topological polar surface area (TPSA) is 85.2 Å². The van der Waals surface area contributed by atoms with Crippen molar-refractivity contribution in [1.82, 2.24) is 25.1 Å². The molecule has 0 bridgehead atoms. The number of nitrogens with one attached hydrogen (secondary N) is 1. The van der Waals surface area contributed by atoms with Gasteiger partial charge in [0.1, 0.15) is 5.75 Å². The second-order valence-corrected chi connectivity index (χ2v) is 8.67. The number of nitrogens with zero attached hydrogens (tertiary/aromatic N) is 5. The molecule has 35 heavy (non-hydrogen) atoms. The van der Waals surface area contributed by atoms with Gasteiger partial charge in [-0.3, -0.25) is 4.79 Å². The zero-order valence-electron chi connectivity index (χ0n) is 20.2. The van der Waals surface area contributed by atoms with Gasteiger partial charge in [0.05, 0.1) is 30.3 Å². The van der Waals surface area contributed by atoms with Crippen molar-refractivity contribution in [3.05, 3.63) is 83.3 Å². The summed E-state index contributed by atoms with van der Waals surface area (Å²) in [5.74, 6) is 0.941. The third-order valence-corrected chi connectivity index (χ3v) is 6.42. The fourth-order valence-electron chi connectivity index (χ4n) is 4.52. The first-order valence-corrected chi connectivity index (χ1v) is 11.7. The summed E-state index contributed by atoms with van der Waals surface area (Å²) < 4.78 is 7.05. The average molecular weight is 469 g/mol. The molecule has 1 aliphatic rings. The van der Waals surface area contributed by atoms with Crippen molar-refractivity contribution < 1.29 is 9.53 Å². The monoisotopic (exact) mass is 468 g/mol. The summed E-state index contributed by atoms with van der Waals surface area (Å²) >= 11 is 0. The van der Waals surface area contributed by atoms with Crippen LogP contribution in [0.2, 0.25) is 0 Å². The number of ether oxygens (including phenoxy) is 1. The van der Waals surface area contributed by atoms with E-state index in [0.717, 1.165) is 36.3 Å². The van der Waals surface area contributed by atoms with E-state index in [1.807, 2.05) is 37.3 Å². The molecule has 1 amide bonds.